The average molecular weight is 182 g/mol. The van der Waals surface area contributed by atoms with Crippen LogP contribution in [0.3, 0.4) is 0 Å². The van der Waals surface area contributed by atoms with Crippen molar-refractivity contribution >= 4 is 0 Å². The van der Waals surface area contributed by atoms with Gasteiger partial charge in [-0.3, -0.25) is 4.90 Å². The van der Waals surface area contributed by atoms with E-state index in [9.17, 15) is 0 Å². The molecule has 0 aliphatic carbocycles. The number of piperazine rings is 1. The summed E-state index contributed by atoms with van der Waals surface area (Å²) in [6.07, 6.45) is 4.27. The number of nitrogens with zero attached hydrogens (tertiary/aromatic N) is 1. The van der Waals surface area contributed by atoms with E-state index < -0.39 is 0 Å². The van der Waals surface area contributed by atoms with Gasteiger partial charge in [0.1, 0.15) is 0 Å². The first kappa shape index (κ1) is 9.47. The lowest BCUT2D eigenvalue weighted by Crippen LogP contribution is -2.59. The third-order valence-electron chi connectivity index (χ3n) is 3.60. The number of piperidine rings is 1. The second kappa shape index (κ2) is 3.97. The zero-order valence-electron chi connectivity index (χ0n) is 8.92. The Kier molecular flexibility index (Phi) is 2.89. The summed E-state index contributed by atoms with van der Waals surface area (Å²) < 4.78 is 0. The first-order valence-corrected chi connectivity index (χ1v) is 5.75. The Morgan fingerprint density at radius 2 is 2.15 bits per heavy atom. The van der Waals surface area contributed by atoms with Crippen molar-refractivity contribution in [1.29, 1.82) is 0 Å². The fourth-order valence-corrected chi connectivity index (χ4v) is 2.58. The topological polar surface area (TPSA) is 15.3 Å². The summed E-state index contributed by atoms with van der Waals surface area (Å²) in [6.45, 7) is 8.49. The van der Waals surface area contributed by atoms with Crippen molar-refractivity contribution in [3.8, 4) is 0 Å². The van der Waals surface area contributed by atoms with Crippen LogP contribution in [0, 0.1) is 5.92 Å². The highest BCUT2D eigenvalue weighted by atomic mass is 15.2. The van der Waals surface area contributed by atoms with Crippen molar-refractivity contribution in [1.82, 2.24) is 10.2 Å². The molecule has 0 aromatic heterocycles. The maximum absolute atomic E-state index is 3.68. The Morgan fingerprint density at radius 3 is 2.92 bits per heavy atom. The summed E-state index contributed by atoms with van der Waals surface area (Å²) in [5.74, 6) is 0.780. The first-order chi connectivity index (χ1) is 6.27. The van der Waals surface area contributed by atoms with Gasteiger partial charge in [0.2, 0.25) is 0 Å². The molecule has 2 saturated heterocycles. The second-order valence-electron chi connectivity index (χ2n) is 4.90. The molecular formula is C11H22N2. The zero-order valence-corrected chi connectivity index (χ0v) is 8.92. The van der Waals surface area contributed by atoms with Crippen molar-refractivity contribution in [3.05, 3.63) is 0 Å². The predicted octanol–water partition coefficient (Wildman–Crippen LogP) is 1.47. The lowest BCUT2D eigenvalue weighted by atomic mass is 9.94. The van der Waals surface area contributed by atoms with E-state index >= 15 is 0 Å². The summed E-state index contributed by atoms with van der Waals surface area (Å²) in [5.41, 5.74) is 0. The molecule has 0 amide bonds. The van der Waals surface area contributed by atoms with Crippen LogP contribution in [0.5, 0.6) is 0 Å². The maximum atomic E-state index is 3.68. The van der Waals surface area contributed by atoms with E-state index in [-0.39, 0.29) is 0 Å². The van der Waals surface area contributed by atoms with Gasteiger partial charge in [-0.05, 0) is 25.3 Å². The number of nitrogens with one attached hydrogen (secondary N) is 1. The molecule has 2 atom stereocenters. The molecule has 0 aromatic rings. The lowest BCUT2D eigenvalue weighted by Gasteiger charge is -2.44. The molecule has 2 nitrogen and oxygen atoms in total. The van der Waals surface area contributed by atoms with Crippen LogP contribution in [0.4, 0.5) is 0 Å². The van der Waals surface area contributed by atoms with E-state index in [2.05, 4.69) is 24.1 Å². The van der Waals surface area contributed by atoms with Gasteiger partial charge in [-0.2, -0.15) is 0 Å². The van der Waals surface area contributed by atoms with Crippen LogP contribution in [0.2, 0.25) is 0 Å². The molecule has 0 spiro atoms. The van der Waals surface area contributed by atoms with Gasteiger partial charge in [0.15, 0.2) is 0 Å². The summed E-state index contributed by atoms with van der Waals surface area (Å²) in [7, 11) is 0. The minimum absolute atomic E-state index is 0.731. The highest BCUT2D eigenvalue weighted by Crippen LogP contribution is 2.21. The summed E-state index contributed by atoms with van der Waals surface area (Å²) in [6, 6.07) is 1.58. The van der Waals surface area contributed by atoms with E-state index in [0.29, 0.717) is 0 Å². The number of hydrogen-bond donors (Lipinski definition) is 1. The molecule has 0 bridgehead atoms. The third kappa shape index (κ3) is 2.05. The van der Waals surface area contributed by atoms with Crippen LogP contribution in [0.25, 0.3) is 0 Å². The van der Waals surface area contributed by atoms with Gasteiger partial charge in [-0.1, -0.05) is 20.3 Å². The standard InChI is InChI=1S/C11H22N2/c1-9(2)11-8-13-6-4-3-5-10(13)7-12-11/h9-12H,3-8H2,1-2H3/t10-,11+/m0/s1. The van der Waals surface area contributed by atoms with Gasteiger partial charge in [0.05, 0.1) is 0 Å². The molecule has 2 fully saturated rings. The minimum Gasteiger partial charge on any atom is -0.311 e. The molecule has 0 unspecified atom stereocenters. The highest BCUT2D eigenvalue weighted by molar-refractivity contribution is 4.89. The molecule has 0 aromatic carbocycles. The van der Waals surface area contributed by atoms with Crippen molar-refractivity contribution in [2.24, 2.45) is 5.92 Å². The smallest absolute Gasteiger partial charge is 0.0221 e. The Hall–Kier alpha value is -0.0800. The lowest BCUT2D eigenvalue weighted by molar-refractivity contribution is 0.0824. The Morgan fingerprint density at radius 1 is 1.31 bits per heavy atom. The van der Waals surface area contributed by atoms with Gasteiger partial charge in [0.25, 0.3) is 0 Å². The Labute approximate surface area is 81.7 Å². The fourth-order valence-electron chi connectivity index (χ4n) is 2.58. The van der Waals surface area contributed by atoms with Crippen molar-refractivity contribution in [2.45, 2.75) is 45.2 Å². The predicted molar refractivity (Wildman–Crippen MR) is 55.8 cm³/mol. The average Bonchev–Trinajstić information content (AvgIpc) is 2.17. The molecule has 0 radical (unpaired) electrons. The zero-order chi connectivity index (χ0) is 9.26. The van der Waals surface area contributed by atoms with Crippen molar-refractivity contribution < 1.29 is 0 Å². The molecule has 2 aliphatic rings. The largest absolute Gasteiger partial charge is 0.311 e. The number of hydrogen-bond acceptors (Lipinski definition) is 2. The van der Waals surface area contributed by atoms with E-state index in [1.54, 1.807) is 0 Å². The van der Waals surface area contributed by atoms with Crippen molar-refractivity contribution in [3.63, 3.8) is 0 Å². The first-order valence-electron chi connectivity index (χ1n) is 5.75. The van der Waals surface area contributed by atoms with Crippen LogP contribution in [-0.4, -0.2) is 36.6 Å². The van der Waals surface area contributed by atoms with Crippen LogP contribution < -0.4 is 5.32 Å². The van der Waals surface area contributed by atoms with Crippen LogP contribution in [0.15, 0.2) is 0 Å². The van der Waals surface area contributed by atoms with E-state index in [1.807, 2.05) is 0 Å². The second-order valence-corrected chi connectivity index (χ2v) is 4.90. The molecule has 76 valence electrons. The van der Waals surface area contributed by atoms with Gasteiger partial charge in [-0.15, -0.1) is 0 Å². The third-order valence-corrected chi connectivity index (χ3v) is 3.60. The Bertz CT molecular complexity index is 167. The molecule has 0 saturated carbocycles. The van der Waals surface area contributed by atoms with E-state index in [1.165, 1.54) is 38.9 Å². The molecule has 1 N–H and O–H groups in total. The van der Waals surface area contributed by atoms with Gasteiger partial charge in [0, 0.05) is 25.2 Å². The number of rotatable bonds is 1. The molecule has 13 heavy (non-hydrogen) atoms. The quantitative estimate of drug-likeness (QED) is 0.660. The van der Waals surface area contributed by atoms with Gasteiger partial charge in [-0.25, -0.2) is 0 Å². The maximum Gasteiger partial charge on any atom is 0.0221 e. The van der Waals surface area contributed by atoms with Gasteiger partial charge < -0.3 is 5.32 Å². The van der Waals surface area contributed by atoms with Gasteiger partial charge >= 0.3 is 0 Å². The fraction of sp³-hybridized carbons (Fsp3) is 1.00. The minimum atomic E-state index is 0.731. The SMILES string of the molecule is CC(C)[C@H]1CN2CCCC[C@H]2CN1. The molecule has 2 aliphatic heterocycles. The molecule has 2 heterocycles. The van der Waals surface area contributed by atoms with Crippen LogP contribution >= 0.6 is 0 Å². The number of fused-ring (bicyclic) bond motifs is 1. The van der Waals surface area contributed by atoms with E-state index in [0.717, 1.165) is 18.0 Å². The molecule has 2 heteroatoms. The summed E-state index contributed by atoms with van der Waals surface area (Å²) >= 11 is 0. The van der Waals surface area contributed by atoms with Crippen LogP contribution in [0.1, 0.15) is 33.1 Å². The Balaban J connectivity index is 1.91. The van der Waals surface area contributed by atoms with Crippen molar-refractivity contribution in [2.75, 3.05) is 19.6 Å². The monoisotopic (exact) mass is 182 g/mol. The highest BCUT2D eigenvalue weighted by Gasteiger charge is 2.30. The van der Waals surface area contributed by atoms with Crippen LogP contribution in [-0.2, 0) is 0 Å². The molecular weight excluding hydrogens is 160 g/mol. The normalized spacial score (nSPS) is 36.2. The van der Waals surface area contributed by atoms with E-state index in [4.69, 9.17) is 0 Å². The summed E-state index contributed by atoms with van der Waals surface area (Å²) in [5, 5.41) is 3.68. The molecule has 2 rings (SSSR count). The summed E-state index contributed by atoms with van der Waals surface area (Å²) in [4.78, 5) is 2.70.